The van der Waals surface area contributed by atoms with Crippen molar-refractivity contribution in [1.29, 1.82) is 0 Å². The van der Waals surface area contributed by atoms with Crippen molar-refractivity contribution < 1.29 is 4.42 Å². The van der Waals surface area contributed by atoms with Gasteiger partial charge in [0.1, 0.15) is 5.52 Å². The Kier molecular flexibility index (Phi) is 6.03. The molecule has 0 aliphatic heterocycles. The van der Waals surface area contributed by atoms with Crippen LogP contribution in [0.3, 0.4) is 0 Å². The van der Waals surface area contributed by atoms with Crippen LogP contribution in [0.15, 0.2) is 156 Å². The highest BCUT2D eigenvalue weighted by atomic mass is 16.3. The van der Waals surface area contributed by atoms with Crippen LogP contribution in [0.2, 0.25) is 0 Å². The highest BCUT2D eigenvalue weighted by molar-refractivity contribution is 6.10. The molecule has 3 heterocycles. The first kappa shape index (κ1) is 26.0. The Balaban J connectivity index is 1.22. The van der Waals surface area contributed by atoms with Crippen LogP contribution in [0.1, 0.15) is 0 Å². The van der Waals surface area contributed by atoms with Gasteiger partial charge in [-0.2, -0.15) is 0 Å². The number of fused-ring (bicyclic) bond motifs is 4. The molecule has 0 unspecified atom stereocenters. The first-order chi connectivity index (χ1) is 22.8. The second-order valence-electron chi connectivity index (χ2n) is 11.2. The van der Waals surface area contributed by atoms with Crippen LogP contribution in [0.25, 0.3) is 84.2 Å². The van der Waals surface area contributed by atoms with Crippen LogP contribution in [-0.2, 0) is 0 Å². The van der Waals surface area contributed by atoms with E-state index in [0.717, 1.165) is 49.9 Å². The molecule has 0 fully saturated rings. The van der Waals surface area contributed by atoms with E-state index in [1.165, 1.54) is 5.39 Å². The summed E-state index contributed by atoms with van der Waals surface area (Å²) in [5.74, 6) is 2.36. The van der Waals surface area contributed by atoms with Gasteiger partial charge in [0.05, 0.1) is 11.0 Å². The van der Waals surface area contributed by atoms with Crippen LogP contribution in [0.4, 0.5) is 0 Å². The number of para-hydroxylation sites is 2. The Morgan fingerprint density at radius 2 is 0.978 bits per heavy atom. The fraction of sp³-hybridized carbons (Fsp3) is 0. The summed E-state index contributed by atoms with van der Waals surface area (Å²) in [5, 5.41) is 2.31. The molecule has 216 valence electrons. The minimum absolute atomic E-state index is 0.571. The molecule has 0 radical (unpaired) electrons. The first-order valence-electron chi connectivity index (χ1n) is 15.2. The lowest BCUT2D eigenvalue weighted by Crippen LogP contribution is -2.00. The van der Waals surface area contributed by atoms with Crippen LogP contribution < -0.4 is 0 Å². The third-order valence-corrected chi connectivity index (χ3v) is 8.28. The number of hydrogen-bond donors (Lipinski definition) is 0. The zero-order valence-electron chi connectivity index (χ0n) is 24.6. The van der Waals surface area contributed by atoms with Crippen molar-refractivity contribution in [3.05, 3.63) is 152 Å². The fourth-order valence-corrected chi connectivity index (χ4v) is 6.09. The van der Waals surface area contributed by atoms with E-state index in [0.29, 0.717) is 28.9 Å². The lowest BCUT2D eigenvalue weighted by molar-refractivity contribution is 0.620. The monoisotopic (exact) mass is 591 g/mol. The third-order valence-electron chi connectivity index (χ3n) is 8.28. The molecule has 6 aromatic carbocycles. The summed E-state index contributed by atoms with van der Waals surface area (Å²) in [7, 11) is 0. The number of aromatic nitrogens is 5. The lowest BCUT2D eigenvalue weighted by Gasteiger charge is -2.09. The van der Waals surface area contributed by atoms with Gasteiger partial charge in [0.2, 0.25) is 5.89 Å². The Bertz CT molecular complexity index is 2520. The summed E-state index contributed by atoms with van der Waals surface area (Å²) in [5.41, 5.74) is 8.45. The molecule has 0 aliphatic carbocycles. The molecule has 0 saturated heterocycles. The normalized spacial score (nSPS) is 11.5. The molecule has 0 bridgehead atoms. The van der Waals surface area contributed by atoms with Crippen LogP contribution >= 0.6 is 0 Å². The third kappa shape index (κ3) is 4.43. The van der Waals surface area contributed by atoms with Crippen molar-refractivity contribution in [3.8, 4) is 51.3 Å². The maximum atomic E-state index is 6.07. The maximum Gasteiger partial charge on any atom is 0.227 e. The molecule has 0 atom stereocenters. The van der Waals surface area contributed by atoms with Crippen molar-refractivity contribution >= 4 is 32.9 Å². The van der Waals surface area contributed by atoms with E-state index >= 15 is 0 Å². The SMILES string of the molecule is c1ccc(-c2nc(-c3ccc4oc(-c5ccccc5)nc4c3)nc(-c3ccc4c(c3)c3ccccc3n4-c3ccccc3)n2)cc1. The van der Waals surface area contributed by atoms with E-state index < -0.39 is 0 Å². The summed E-state index contributed by atoms with van der Waals surface area (Å²) in [6, 6.07) is 51.2. The van der Waals surface area contributed by atoms with Crippen molar-refractivity contribution in [2.24, 2.45) is 0 Å². The van der Waals surface area contributed by atoms with E-state index in [1.807, 2.05) is 84.9 Å². The highest BCUT2D eigenvalue weighted by Gasteiger charge is 2.17. The van der Waals surface area contributed by atoms with E-state index in [4.69, 9.17) is 24.4 Å². The Hall–Kier alpha value is -6.40. The summed E-state index contributed by atoms with van der Waals surface area (Å²) in [6.07, 6.45) is 0. The van der Waals surface area contributed by atoms with Crippen LogP contribution in [-0.4, -0.2) is 24.5 Å². The van der Waals surface area contributed by atoms with Gasteiger partial charge in [0.25, 0.3) is 0 Å². The van der Waals surface area contributed by atoms with E-state index in [1.54, 1.807) is 0 Å². The van der Waals surface area contributed by atoms with Crippen LogP contribution in [0.5, 0.6) is 0 Å². The summed E-state index contributed by atoms with van der Waals surface area (Å²) >= 11 is 0. The average molecular weight is 592 g/mol. The van der Waals surface area contributed by atoms with Crippen molar-refractivity contribution in [2.75, 3.05) is 0 Å². The highest BCUT2D eigenvalue weighted by Crippen LogP contribution is 2.35. The molecule has 3 aromatic heterocycles. The molecular weight excluding hydrogens is 566 g/mol. The summed E-state index contributed by atoms with van der Waals surface area (Å²) in [4.78, 5) is 19.8. The van der Waals surface area contributed by atoms with Gasteiger partial charge in [-0.25, -0.2) is 19.9 Å². The van der Waals surface area contributed by atoms with E-state index in [-0.39, 0.29) is 0 Å². The van der Waals surface area contributed by atoms with Gasteiger partial charge < -0.3 is 8.98 Å². The minimum Gasteiger partial charge on any atom is -0.436 e. The minimum atomic E-state index is 0.571. The molecule has 9 aromatic rings. The van der Waals surface area contributed by atoms with Crippen molar-refractivity contribution in [2.45, 2.75) is 0 Å². The molecule has 0 saturated carbocycles. The number of oxazole rings is 1. The van der Waals surface area contributed by atoms with Gasteiger partial charge in [-0.1, -0.05) is 84.9 Å². The molecular formula is C40H25N5O. The topological polar surface area (TPSA) is 69.6 Å². The zero-order chi connectivity index (χ0) is 30.5. The van der Waals surface area contributed by atoms with E-state index in [9.17, 15) is 0 Å². The standard InChI is InChI=1S/C40H25N5O/c1-4-12-26(13-5-1)37-42-38(44-39(43-37)29-21-23-36-33(25-29)41-40(46-36)27-14-6-2-7-15-27)28-20-22-35-32(24-28)31-18-10-11-19-34(31)45(35)30-16-8-3-9-17-30/h1-25H. The van der Waals surface area contributed by atoms with Crippen LogP contribution in [0, 0.1) is 0 Å². The molecule has 6 nitrogen and oxygen atoms in total. The predicted octanol–water partition coefficient (Wildman–Crippen LogP) is 9.78. The van der Waals surface area contributed by atoms with Gasteiger partial charge in [0, 0.05) is 38.7 Å². The number of nitrogens with zero attached hydrogens (tertiary/aromatic N) is 5. The zero-order valence-corrected chi connectivity index (χ0v) is 24.6. The van der Waals surface area contributed by atoms with Gasteiger partial charge in [-0.3, -0.25) is 0 Å². The summed E-state index contributed by atoms with van der Waals surface area (Å²) in [6.45, 7) is 0. The predicted molar refractivity (Wildman–Crippen MR) is 183 cm³/mol. The number of hydrogen-bond acceptors (Lipinski definition) is 5. The van der Waals surface area contributed by atoms with Gasteiger partial charge >= 0.3 is 0 Å². The average Bonchev–Trinajstić information content (AvgIpc) is 3.71. The Morgan fingerprint density at radius 1 is 0.413 bits per heavy atom. The fourth-order valence-electron chi connectivity index (χ4n) is 6.09. The maximum absolute atomic E-state index is 6.07. The van der Waals surface area contributed by atoms with Gasteiger partial charge in [-0.15, -0.1) is 0 Å². The van der Waals surface area contributed by atoms with Gasteiger partial charge in [0.15, 0.2) is 23.1 Å². The molecule has 0 spiro atoms. The molecule has 0 amide bonds. The Morgan fingerprint density at radius 3 is 1.72 bits per heavy atom. The number of benzene rings is 6. The summed E-state index contributed by atoms with van der Waals surface area (Å²) < 4.78 is 8.38. The second-order valence-corrected chi connectivity index (χ2v) is 11.2. The number of rotatable bonds is 5. The van der Waals surface area contributed by atoms with Crippen molar-refractivity contribution in [1.82, 2.24) is 24.5 Å². The van der Waals surface area contributed by atoms with Gasteiger partial charge in [-0.05, 0) is 66.7 Å². The molecule has 0 aliphatic rings. The molecule has 6 heteroatoms. The second kappa shape index (κ2) is 10.6. The lowest BCUT2D eigenvalue weighted by atomic mass is 10.1. The van der Waals surface area contributed by atoms with E-state index in [2.05, 4.69) is 71.3 Å². The quantitative estimate of drug-likeness (QED) is 0.199. The Labute approximate surface area is 264 Å². The van der Waals surface area contributed by atoms with Crippen molar-refractivity contribution in [3.63, 3.8) is 0 Å². The molecule has 9 rings (SSSR count). The smallest absolute Gasteiger partial charge is 0.227 e. The molecule has 46 heavy (non-hydrogen) atoms. The largest absolute Gasteiger partial charge is 0.436 e. The molecule has 0 N–H and O–H groups in total. The first-order valence-corrected chi connectivity index (χ1v) is 15.2.